The van der Waals surface area contributed by atoms with Crippen LogP contribution >= 0.6 is 0 Å². The molecule has 0 unspecified atom stereocenters. The standard InChI is InChI=1S/C7H13N3O2/c8-9-6(11)3-5-10-4-1-2-7(10)12/h1-5,8H2,(H,9,11). The molecule has 1 heterocycles. The Kier molecular flexibility index (Phi) is 3.04. The molecule has 3 N–H and O–H groups in total. The molecule has 5 nitrogen and oxygen atoms in total. The third-order valence-corrected chi connectivity index (χ3v) is 1.94. The molecule has 1 fully saturated rings. The summed E-state index contributed by atoms with van der Waals surface area (Å²) in [6.07, 6.45) is 1.82. The van der Waals surface area contributed by atoms with E-state index in [9.17, 15) is 9.59 Å². The summed E-state index contributed by atoms with van der Waals surface area (Å²) in [7, 11) is 0. The summed E-state index contributed by atoms with van der Waals surface area (Å²) in [5.74, 6) is 4.80. The van der Waals surface area contributed by atoms with Gasteiger partial charge in [-0.2, -0.15) is 0 Å². The Morgan fingerprint density at radius 2 is 2.42 bits per heavy atom. The highest BCUT2D eigenvalue weighted by atomic mass is 16.2. The molecule has 2 amide bonds. The summed E-state index contributed by atoms with van der Waals surface area (Å²) in [6, 6.07) is 0. The minimum absolute atomic E-state index is 0.139. The van der Waals surface area contributed by atoms with Gasteiger partial charge in [0.25, 0.3) is 0 Å². The predicted molar refractivity (Wildman–Crippen MR) is 42.8 cm³/mol. The zero-order chi connectivity index (χ0) is 8.97. The maximum absolute atomic E-state index is 11.0. The van der Waals surface area contributed by atoms with Crippen molar-refractivity contribution in [3.63, 3.8) is 0 Å². The molecule has 5 heteroatoms. The van der Waals surface area contributed by atoms with Gasteiger partial charge in [0.2, 0.25) is 11.8 Å². The Morgan fingerprint density at radius 1 is 1.67 bits per heavy atom. The van der Waals surface area contributed by atoms with Gasteiger partial charge in [-0.05, 0) is 6.42 Å². The molecule has 0 atom stereocenters. The molecular weight excluding hydrogens is 158 g/mol. The van der Waals surface area contributed by atoms with Gasteiger partial charge in [0.05, 0.1) is 0 Å². The molecule has 1 aliphatic heterocycles. The van der Waals surface area contributed by atoms with E-state index in [4.69, 9.17) is 5.84 Å². The SMILES string of the molecule is NNC(=O)CCN1CCCC1=O. The maximum Gasteiger partial charge on any atom is 0.235 e. The molecule has 1 rings (SSSR count). The van der Waals surface area contributed by atoms with Gasteiger partial charge in [0.15, 0.2) is 0 Å². The van der Waals surface area contributed by atoms with Crippen molar-refractivity contribution in [1.82, 2.24) is 10.3 Å². The zero-order valence-corrected chi connectivity index (χ0v) is 6.88. The number of amides is 2. The molecule has 0 aromatic carbocycles. The van der Waals surface area contributed by atoms with Gasteiger partial charge in [0.1, 0.15) is 0 Å². The molecule has 0 saturated carbocycles. The van der Waals surface area contributed by atoms with Crippen LogP contribution in [0.5, 0.6) is 0 Å². The second-order valence-electron chi connectivity index (χ2n) is 2.80. The van der Waals surface area contributed by atoms with Crippen molar-refractivity contribution in [2.75, 3.05) is 13.1 Å². The number of rotatable bonds is 3. The molecular formula is C7H13N3O2. The highest BCUT2D eigenvalue weighted by Crippen LogP contribution is 2.09. The highest BCUT2D eigenvalue weighted by Gasteiger charge is 2.19. The smallest absolute Gasteiger partial charge is 0.235 e. The van der Waals surface area contributed by atoms with Crippen LogP contribution in [-0.4, -0.2) is 29.8 Å². The fraction of sp³-hybridized carbons (Fsp3) is 0.714. The number of nitrogens with one attached hydrogen (secondary N) is 1. The lowest BCUT2D eigenvalue weighted by molar-refractivity contribution is -0.128. The van der Waals surface area contributed by atoms with Crippen LogP contribution in [-0.2, 0) is 9.59 Å². The largest absolute Gasteiger partial charge is 0.342 e. The van der Waals surface area contributed by atoms with Gasteiger partial charge in [-0.25, -0.2) is 5.84 Å². The van der Waals surface area contributed by atoms with E-state index in [0.717, 1.165) is 13.0 Å². The van der Waals surface area contributed by atoms with Gasteiger partial charge in [-0.3, -0.25) is 15.0 Å². The van der Waals surface area contributed by atoms with Crippen LogP contribution in [0.1, 0.15) is 19.3 Å². The van der Waals surface area contributed by atoms with Crippen LogP contribution in [0.15, 0.2) is 0 Å². The van der Waals surface area contributed by atoms with Gasteiger partial charge < -0.3 is 4.90 Å². The first kappa shape index (κ1) is 8.99. The highest BCUT2D eigenvalue weighted by molar-refractivity contribution is 5.79. The molecule has 0 bridgehead atoms. The van der Waals surface area contributed by atoms with Crippen molar-refractivity contribution in [2.45, 2.75) is 19.3 Å². The fourth-order valence-corrected chi connectivity index (χ4v) is 1.25. The Balaban J connectivity index is 2.22. The maximum atomic E-state index is 11.0. The lowest BCUT2D eigenvalue weighted by Gasteiger charge is -2.13. The van der Waals surface area contributed by atoms with Crippen molar-refractivity contribution in [2.24, 2.45) is 5.84 Å². The van der Waals surface area contributed by atoms with E-state index >= 15 is 0 Å². The van der Waals surface area contributed by atoms with Gasteiger partial charge in [-0.1, -0.05) is 0 Å². The first-order chi connectivity index (χ1) is 5.74. The Hall–Kier alpha value is -1.10. The molecule has 1 aliphatic rings. The van der Waals surface area contributed by atoms with Crippen LogP contribution in [0.3, 0.4) is 0 Å². The monoisotopic (exact) mass is 171 g/mol. The van der Waals surface area contributed by atoms with Crippen molar-refractivity contribution >= 4 is 11.8 Å². The lowest BCUT2D eigenvalue weighted by atomic mass is 10.4. The van der Waals surface area contributed by atoms with E-state index in [2.05, 4.69) is 0 Å². The molecule has 0 aromatic rings. The van der Waals surface area contributed by atoms with E-state index in [-0.39, 0.29) is 11.8 Å². The topological polar surface area (TPSA) is 75.4 Å². The minimum atomic E-state index is -0.227. The van der Waals surface area contributed by atoms with Crippen LogP contribution in [0, 0.1) is 0 Å². The summed E-state index contributed by atoms with van der Waals surface area (Å²) in [6.45, 7) is 1.26. The van der Waals surface area contributed by atoms with Crippen LogP contribution < -0.4 is 11.3 Å². The summed E-state index contributed by atoms with van der Waals surface area (Å²) < 4.78 is 0. The summed E-state index contributed by atoms with van der Waals surface area (Å²) in [4.78, 5) is 23.4. The van der Waals surface area contributed by atoms with E-state index in [1.54, 1.807) is 4.90 Å². The summed E-state index contributed by atoms with van der Waals surface area (Å²) >= 11 is 0. The van der Waals surface area contributed by atoms with Crippen molar-refractivity contribution in [1.29, 1.82) is 0 Å². The lowest BCUT2D eigenvalue weighted by Crippen LogP contribution is -2.34. The second-order valence-corrected chi connectivity index (χ2v) is 2.80. The summed E-state index contributed by atoms with van der Waals surface area (Å²) in [5, 5.41) is 0. The Bertz CT molecular complexity index is 193. The minimum Gasteiger partial charge on any atom is -0.342 e. The van der Waals surface area contributed by atoms with Gasteiger partial charge in [0, 0.05) is 25.9 Å². The van der Waals surface area contributed by atoms with Crippen molar-refractivity contribution in [3.8, 4) is 0 Å². The van der Waals surface area contributed by atoms with Crippen molar-refractivity contribution in [3.05, 3.63) is 0 Å². The number of hydrazine groups is 1. The molecule has 0 aromatic heterocycles. The number of nitrogens with zero attached hydrogens (tertiary/aromatic N) is 1. The van der Waals surface area contributed by atoms with E-state index in [0.29, 0.717) is 19.4 Å². The molecule has 0 aliphatic carbocycles. The normalized spacial score (nSPS) is 16.8. The average Bonchev–Trinajstić information content (AvgIpc) is 2.47. The van der Waals surface area contributed by atoms with E-state index in [1.165, 1.54) is 0 Å². The number of hydrogen-bond acceptors (Lipinski definition) is 3. The number of carbonyl (C=O) groups is 2. The van der Waals surface area contributed by atoms with Crippen molar-refractivity contribution < 1.29 is 9.59 Å². The van der Waals surface area contributed by atoms with E-state index in [1.807, 2.05) is 5.43 Å². The van der Waals surface area contributed by atoms with E-state index < -0.39 is 0 Å². The quantitative estimate of drug-likeness (QED) is 0.324. The third-order valence-electron chi connectivity index (χ3n) is 1.94. The first-order valence-corrected chi connectivity index (χ1v) is 4.01. The fourth-order valence-electron chi connectivity index (χ4n) is 1.25. The second kappa shape index (κ2) is 4.06. The molecule has 0 radical (unpaired) electrons. The molecule has 0 spiro atoms. The third kappa shape index (κ3) is 2.20. The van der Waals surface area contributed by atoms with Crippen LogP contribution in [0.2, 0.25) is 0 Å². The predicted octanol–water partition coefficient (Wildman–Crippen LogP) is -1.01. The molecule has 68 valence electrons. The van der Waals surface area contributed by atoms with Gasteiger partial charge >= 0.3 is 0 Å². The molecule has 1 saturated heterocycles. The Labute approximate surface area is 70.9 Å². The average molecular weight is 171 g/mol. The van der Waals surface area contributed by atoms with Crippen LogP contribution in [0.4, 0.5) is 0 Å². The van der Waals surface area contributed by atoms with Gasteiger partial charge in [-0.15, -0.1) is 0 Å². The zero-order valence-electron chi connectivity index (χ0n) is 6.88. The number of likely N-dealkylation sites (tertiary alicyclic amines) is 1. The first-order valence-electron chi connectivity index (χ1n) is 4.01. The number of nitrogens with two attached hydrogens (primary N) is 1. The number of hydrogen-bond donors (Lipinski definition) is 2. The Morgan fingerprint density at radius 3 is 2.92 bits per heavy atom. The molecule has 12 heavy (non-hydrogen) atoms. The van der Waals surface area contributed by atoms with Crippen LogP contribution in [0.25, 0.3) is 0 Å². The summed E-state index contributed by atoms with van der Waals surface area (Å²) in [5.41, 5.74) is 2.03. The number of carbonyl (C=O) groups excluding carboxylic acids is 2.